The van der Waals surface area contributed by atoms with Crippen molar-refractivity contribution in [3.63, 3.8) is 0 Å². The van der Waals surface area contributed by atoms with Gasteiger partial charge in [0.2, 0.25) is 0 Å². The van der Waals surface area contributed by atoms with Crippen LogP contribution >= 0.6 is 23.5 Å². The Labute approximate surface area is 191 Å². The molecule has 4 rings (SSSR count). The first kappa shape index (κ1) is 22.1. The first-order valence-electron chi connectivity index (χ1n) is 10.6. The SMILES string of the molecule is C[C@H](C[C@@H](NC(=O)OCC1c2ccccc2-c2ccccc21)C(=O)O)C1SCCCS1. The second-order valence-corrected chi connectivity index (χ2v) is 10.8. The number of rotatable bonds is 7. The first-order chi connectivity index (χ1) is 15.0. The van der Waals surface area contributed by atoms with Crippen LogP contribution in [-0.4, -0.2) is 45.9 Å². The molecule has 1 aliphatic carbocycles. The summed E-state index contributed by atoms with van der Waals surface area (Å²) in [5.41, 5.74) is 4.58. The van der Waals surface area contributed by atoms with E-state index >= 15 is 0 Å². The fraction of sp³-hybridized carbons (Fsp3) is 0.417. The second-order valence-electron chi connectivity index (χ2n) is 8.04. The minimum atomic E-state index is -1.02. The Kier molecular flexibility index (Phi) is 7.13. The standard InChI is InChI=1S/C24H27NO4S2/c1-15(23-30-11-6-12-31-23)13-21(22(26)27)25-24(28)29-14-20-18-9-4-2-7-16(18)17-8-3-5-10-19(17)20/h2-5,7-10,15,20-21,23H,6,11-14H2,1H3,(H,25,28)(H,26,27)/t15-,21-/m1/s1. The lowest BCUT2D eigenvalue weighted by Crippen LogP contribution is -2.43. The third-order valence-electron chi connectivity index (χ3n) is 5.86. The molecule has 0 bridgehead atoms. The summed E-state index contributed by atoms with van der Waals surface area (Å²) in [6.45, 7) is 2.24. The van der Waals surface area contributed by atoms with Crippen molar-refractivity contribution in [1.82, 2.24) is 5.32 Å². The summed E-state index contributed by atoms with van der Waals surface area (Å²) < 4.78 is 5.90. The Morgan fingerprint density at radius 1 is 1.06 bits per heavy atom. The number of carboxylic acids is 1. The van der Waals surface area contributed by atoms with Gasteiger partial charge >= 0.3 is 12.1 Å². The Balaban J connectivity index is 1.37. The van der Waals surface area contributed by atoms with Crippen LogP contribution in [0.2, 0.25) is 0 Å². The minimum Gasteiger partial charge on any atom is -0.480 e. The Bertz CT molecular complexity index is 899. The van der Waals surface area contributed by atoms with Crippen molar-refractivity contribution in [3.05, 3.63) is 59.7 Å². The molecule has 2 aromatic rings. The van der Waals surface area contributed by atoms with E-state index in [-0.39, 0.29) is 18.4 Å². The van der Waals surface area contributed by atoms with Gasteiger partial charge in [0.1, 0.15) is 12.6 Å². The van der Waals surface area contributed by atoms with E-state index in [1.807, 2.05) is 47.8 Å². The topological polar surface area (TPSA) is 75.6 Å². The van der Waals surface area contributed by atoms with Crippen molar-refractivity contribution in [2.75, 3.05) is 18.1 Å². The van der Waals surface area contributed by atoms with Gasteiger partial charge in [-0.3, -0.25) is 0 Å². The van der Waals surface area contributed by atoms with Crippen LogP contribution in [0.1, 0.15) is 36.8 Å². The highest BCUT2D eigenvalue weighted by Crippen LogP contribution is 2.44. The zero-order valence-corrected chi connectivity index (χ0v) is 19.1. The largest absolute Gasteiger partial charge is 0.480 e. The van der Waals surface area contributed by atoms with E-state index in [1.54, 1.807) is 0 Å². The molecule has 1 heterocycles. The summed E-state index contributed by atoms with van der Waals surface area (Å²) in [6.07, 6.45) is 0.911. The van der Waals surface area contributed by atoms with Crippen LogP contribution in [0, 0.1) is 5.92 Å². The number of ether oxygens (including phenoxy) is 1. The predicted octanol–water partition coefficient (Wildman–Crippen LogP) is 5.20. The Hall–Kier alpha value is -2.12. The van der Waals surface area contributed by atoms with Gasteiger partial charge in [-0.2, -0.15) is 0 Å². The Morgan fingerprint density at radius 2 is 1.65 bits per heavy atom. The smallest absolute Gasteiger partial charge is 0.407 e. The van der Waals surface area contributed by atoms with Gasteiger partial charge in [0.25, 0.3) is 0 Å². The highest BCUT2D eigenvalue weighted by molar-refractivity contribution is 8.17. The number of hydrogen-bond donors (Lipinski definition) is 2. The van der Waals surface area contributed by atoms with E-state index < -0.39 is 18.1 Å². The summed E-state index contributed by atoms with van der Waals surface area (Å²) in [7, 11) is 0. The van der Waals surface area contributed by atoms with Gasteiger partial charge in [-0.25, -0.2) is 9.59 Å². The Morgan fingerprint density at radius 3 is 2.23 bits per heavy atom. The van der Waals surface area contributed by atoms with Gasteiger partial charge in [0, 0.05) is 5.92 Å². The molecule has 1 aliphatic heterocycles. The molecule has 31 heavy (non-hydrogen) atoms. The average Bonchev–Trinajstić information content (AvgIpc) is 3.11. The summed E-state index contributed by atoms with van der Waals surface area (Å²) in [5.74, 6) is 1.34. The molecule has 0 radical (unpaired) electrons. The molecule has 0 unspecified atom stereocenters. The quantitative estimate of drug-likeness (QED) is 0.595. The number of hydrogen-bond acceptors (Lipinski definition) is 5. The number of carbonyl (C=O) groups excluding carboxylic acids is 1. The molecule has 5 nitrogen and oxygen atoms in total. The molecule has 1 saturated heterocycles. The maximum atomic E-state index is 12.5. The molecule has 2 N–H and O–H groups in total. The monoisotopic (exact) mass is 457 g/mol. The number of thioether (sulfide) groups is 2. The van der Waals surface area contributed by atoms with Gasteiger partial charge in [0.15, 0.2) is 0 Å². The van der Waals surface area contributed by atoms with Crippen LogP contribution < -0.4 is 5.32 Å². The van der Waals surface area contributed by atoms with Gasteiger partial charge in [-0.05, 0) is 52.5 Å². The number of aliphatic carboxylic acids is 1. The van der Waals surface area contributed by atoms with E-state index in [4.69, 9.17) is 4.74 Å². The maximum absolute atomic E-state index is 12.5. The molecule has 7 heteroatoms. The van der Waals surface area contributed by atoms with Gasteiger partial charge in [0.05, 0.1) is 4.58 Å². The molecular weight excluding hydrogens is 430 g/mol. The van der Waals surface area contributed by atoms with Crippen molar-refractivity contribution in [2.24, 2.45) is 5.92 Å². The van der Waals surface area contributed by atoms with Crippen molar-refractivity contribution in [2.45, 2.75) is 36.3 Å². The maximum Gasteiger partial charge on any atom is 0.407 e. The van der Waals surface area contributed by atoms with Crippen molar-refractivity contribution >= 4 is 35.6 Å². The molecule has 1 fully saturated rings. The highest BCUT2D eigenvalue weighted by atomic mass is 32.2. The number of amides is 1. The number of alkyl carbamates (subject to hydrolysis) is 1. The fourth-order valence-electron chi connectivity index (χ4n) is 4.32. The van der Waals surface area contributed by atoms with Gasteiger partial charge in [-0.1, -0.05) is 55.5 Å². The zero-order valence-electron chi connectivity index (χ0n) is 17.5. The van der Waals surface area contributed by atoms with E-state index in [9.17, 15) is 14.7 Å². The lowest BCUT2D eigenvalue weighted by molar-refractivity contribution is -0.139. The van der Waals surface area contributed by atoms with Crippen molar-refractivity contribution in [3.8, 4) is 11.1 Å². The summed E-state index contributed by atoms with van der Waals surface area (Å²) in [5, 5.41) is 12.2. The lowest BCUT2D eigenvalue weighted by atomic mass is 9.98. The summed E-state index contributed by atoms with van der Waals surface area (Å²) in [4.78, 5) is 24.2. The highest BCUT2D eigenvalue weighted by Gasteiger charge is 2.31. The molecule has 0 spiro atoms. The van der Waals surface area contributed by atoms with Crippen molar-refractivity contribution in [1.29, 1.82) is 0 Å². The van der Waals surface area contributed by atoms with Gasteiger partial charge in [-0.15, -0.1) is 23.5 Å². The molecule has 0 aromatic heterocycles. The van der Waals surface area contributed by atoms with Crippen LogP contribution in [0.3, 0.4) is 0 Å². The van der Waals surface area contributed by atoms with E-state index in [2.05, 4.69) is 36.5 Å². The molecule has 1 amide bonds. The molecule has 2 aromatic carbocycles. The summed E-state index contributed by atoms with van der Waals surface area (Å²) in [6, 6.07) is 15.3. The lowest BCUT2D eigenvalue weighted by Gasteiger charge is -2.28. The van der Waals surface area contributed by atoms with Crippen molar-refractivity contribution < 1.29 is 19.4 Å². The van der Waals surface area contributed by atoms with Crippen LogP contribution in [0.15, 0.2) is 48.5 Å². The third-order valence-corrected chi connectivity index (χ3v) is 9.31. The molecular formula is C24H27NO4S2. The number of fused-ring (bicyclic) bond motifs is 3. The molecule has 164 valence electrons. The molecule has 0 saturated carbocycles. The number of carboxylic acid groups (broad SMARTS) is 1. The van der Waals surface area contributed by atoms with E-state index in [0.717, 1.165) is 33.8 Å². The number of nitrogens with one attached hydrogen (secondary N) is 1. The first-order valence-corrected chi connectivity index (χ1v) is 12.7. The minimum absolute atomic E-state index is 0.0459. The second kappa shape index (κ2) is 10.0. The fourth-order valence-corrected chi connectivity index (χ4v) is 7.43. The van der Waals surface area contributed by atoms with Crippen LogP contribution in [0.4, 0.5) is 4.79 Å². The third kappa shape index (κ3) is 5.04. The number of carbonyl (C=O) groups is 2. The normalized spacial score (nSPS) is 18.0. The van der Waals surface area contributed by atoms with Crippen LogP contribution in [0.5, 0.6) is 0 Å². The number of benzene rings is 2. The van der Waals surface area contributed by atoms with Crippen LogP contribution in [0.25, 0.3) is 11.1 Å². The van der Waals surface area contributed by atoms with Crippen LogP contribution in [-0.2, 0) is 9.53 Å². The molecule has 2 atom stereocenters. The van der Waals surface area contributed by atoms with E-state index in [1.165, 1.54) is 6.42 Å². The average molecular weight is 458 g/mol. The predicted molar refractivity (Wildman–Crippen MR) is 127 cm³/mol. The molecule has 2 aliphatic rings. The van der Waals surface area contributed by atoms with Gasteiger partial charge < -0.3 is 15.2 Å². The summed E-state index contributed by atoms with van der Waals surface area (Å²) >= 11 is 3.77. The van der Waals surface area contributed by atoms with E-state index in [0.29, 0.717) is 11.0 Å². The zero-order chi connectivity index (χ0) is 21.8.